The number of aromatic nitrogens is 2. The van der Waals surface area contributed by atoms with E-state index in [-0.39, 0.29) is 0 Å². The Morgan fingerprint density at radius 1 is 1.30 bits per heavy atom. The van der Waals surface area contributed by atoms with Crippen LogP contribution in [0.3, 0.4) is 0 Å². The van der Waals surface area contributed by atoms with Gasteiger partial charge in [-0.1, -0.05) is 19.1 Å². The predicted molar refractivity (Wildman–Crippen MR) is 70.0 cm³/mol. The first-order valence-electron chi connectivity index (χ1n) is 6.29. The summed E-state index contributed by atoms with van der Waals surface area (Å²) in [4.78, 5) is 24.5. The van der Waals surface area contributed by atoms with Crippen LogP contribution in [0.5, 0.6) is 0 Å². The van der Waals surface area contributed by atoms with Crippen molar-refractivity contribution >= 4 is 17.6 Å². The quantitative estimate of drug-likeness (QED) is 0.851. The van der Waals surface area contributed by atoms with Gasteiger partial charge in [-0.05, 0) is 24.1 Å². The zero-order valence-electron chi connectivity index (χ0n) is 10.8. The Morgan fingerprint density at radius 2 is 2.00 bits per heavy atom. The van der Waals surface area contributed by atoms with Crippen molar-refractivity contribution in [2.45, 2.75) is 19.3 Å². The third kappa shape index (κ3) is 1.80. The second-order valence-corrected chi connectivity index (χ2v) is 4.60. The van der Waals surface area contributed by atoms with E-state index in [0.29, 0.717) is 17.8 Å². The highest BCUT2D eigenvalue weighted by atomic mass is 19.1. The van der Waals surface area contributed by atoms with Crippen LogP contribution in [-0.4, -0.2) is 21.6 Å². The number of benzene rings is 1. The van der Waals surface area contributed by atoms with Gasteiger partial charge in [-0.15, -0.1) is 0 Å². The van der Waals surface area contributed by atoms with E-state index in [1.54, 1.807) is 6.20 Å². The lowest BCUT2D eigenvalue weighted by molar-refractivity contribution is -0.117. The second-order valence-electron chi connectivity index (χ2n) is 4.60. The highest BCUT2D eigenvalue weighted by molar-refractivity contribution is 6.15. The molecule has 6 heteroatoms. The fraction of sp³-hybridized carbons (Fsp3) is 0.214. The number of hydrogen-bond acceptors (Lipinski definition) is 3. The molecule has 0 bridgehead atoms. The molecule has 0 fully saturated rings. The van der Waals surface area contributed by atoms with Crippen LogP contribution in [0.2, 0.25) is 0 Å². The highest BCUT2D eigenvalue weighted by Gasteiger charge is 2.37. The average molecular weight is 273 g/mol. The number of amides is 1. The summed E-state index contributed by atoms with van der Waals surface area (Å²) in [5, 5.41) is 6.71. The van der Waals surface area contributed by atoms with Crippen molar-refractivity contribution in [3.8, 4) is 0 Å². The van der Waals surface area contributed by atoms with Crippen molar-refractivity contribution < 1.29 is 14.0 Å². The number of hydrogen-bond donors (Lipinski definition) is 1. The summed E-state index contributed by atoms with van der Waals surface area (Å²) in [7, 11) is 0. The van der Waals surface area contributed by atoms with Gasteiger partial charge < -0.3 is 5.32 Å². The van der Waals surface area contributed by atoms with Gasteiger partial charge in [0.25, 0.3) is 5.91 Å². The van der Waals surface area contributed by atoms with E-state index in [1.165, 1.54) is 28.9 Å². The Labute approximate surface area is 114 Å². The number of nitrogens with zero attached hydrogens (tertiary/aromatic N) is 2. The van der Waals surface area contributed by atoms with Crippen LogP contribution in [-0.2, 0) is 11.2 Å². The standard InChI is InChI=1S/C14H12FN3O2/c1-2-8-7-16-18-12(8)17-13(19)11(14(18)20)9-3-5-10(15)6-4-9/h3-7,11H,2H2,1H3,(H,17,19). The average Bonchev–Trinajstić information content (AvgIpc) is 2.84. The number of carbonyl (C=O) groups is 2. The molecule has 0 aliphatic carbocycles. The highest BCUT2D eigenvalue weighted by Crippen LogP contribution is 2.28. The number of anilines is 1. The van der Waals surface area contributed by atoms with Gasteiger partial charge in [0.05, 0.1) is 6.20 Å². The fourth-order valence-corrected chi connectivity index (χ4v) is 2.31. The lowest BCUT2D eigenvalue weighted by Gasteiger charge is -2.22. The second kappa shape index (κ2) is 4.56. The first-order valence-corrected chi connectivity index (χ1v) is 6.29. The van der Waals surface area contributed by atoms with E-state index >= 15 is 0 Å². The van der Waals surface area contributed by atoms with Gasteiger partial charge in [0.1, 0.15) is 17.6 Å². The van der Waals surface area contributed by atoms with Crippen molar-refractivity contribution in [3.05, 3.63) is 47.4 Å². The fourth-order valence-electron chi connectivity index (χ4n) is 2.31. The number of nitrogens with one attached hydrogen (secondary N) is 1. The topological polar surface area (TPSA) is 64.0 Å². The summed E-state index contributed by atoms with van der Waals surface area (Å²) in [6, 6.07) is 5.33. The minimum absolute atomic E-state index is 0.412. The molecule has 1 aliphatic rings. The number of halogens is 1. The molecule has 2 aromatic rings. The number of fused-ring (bicyclic) bond motifs is 1. The van der Waals surface area contributed by atoms with Crippen LogP contribution in [0.4, 0.5) is 10.2 Å². The Bertz CT molecular complexity index is 691. The molecule has 3 rings (SSSR count). The molecule has 1 aliphatic heterocycles. The van der Waals surface area contributed by atoms with Crippen LogP contribution in [0.1, 0.15) is 28.8 Å². The summed E-state index contributed by atoms with van der Waals surface area (Å²) in [6.07, 6.45) is 2.24. The first-order chi connectivity index (χ1) is 9.61. The van der Waals surface area contributed by atoms with Crippen molar-refractivity contribution in [1.82, 2.24) is 9.78 Å². The summed E-state index contributed by atoms with van der Waals surface area (Å²) in [5.41, 5.74) is 1.26. The SMILES string of the molecule is CCc1cnn2c1NC(=O)C(c1ccc(F)cc1)C2=O. The molecule has 102 valence electrons. The summed E-state index contributed by atoms with van der Waals surface area (Å²) in [6.45, 7) is 1.92. The molecule has 5 nitrogen and oxygen atoms in total. The van der Waals surface area contributed by atoms with E-state index < -0.39 is 23.5 Å². The minimum atomic E-state index is -0.993. The van der Waals surface area contributed by atoms with Crippen LogP contribution in [0, 0.1) is 5.82 Å². The van der Waals surface area contributed by atoms with Gasteiger partial charge in [0, 0.05) is 5.56 Å². The molecule has 2 heterocycles. The first kappa shape index (κ1) is 12.5. The molecule has 0 spiro atoms. The van der Waals surface area contributed by atoms with Crippen molar-refractivity contribution in [3.63, 3.8) is 0 Å². The monoisotopic (exact) mass is 273 g/mol. The van der Waals surface area contributed by atoms with Gasteiger partial charge in [0.15, 0.2) is 0 Å². The Hall–Kier alpha value is -2.50. The van der Waals surface area contributed by atoms with Crippen molar-refractivity contribution in [2.24, 2.45) is 0 Å². The summed E-state index contributed by atoms with van der Waals surface area (Å²) >= 11 is 0. The zero-order chi connectivity index (χ0) is 14.3. The van der Waals surface area contributed by atoms with E-state index in [0.717, 1.165) is 5.56 Å². The van der Waals surface area contributed by atoms with E-state index in [9.17, 15) is 14.0 Å². The molecule has 1 aromatic carbocycles. The molecule has 0 saturated carbocycles. The van der Waals surface area contributed by atoms with E-state index in [1.807, 2.05) is 6.92 Å². The Balaban J connectivity index is 2.04. The van der Waals surface area contributed by atoms with Gasteiger partial charge in [-0.2, -0.15) is 9.78 Å². The minimum Gasteiger partial charge on any atom is -0.309 e. The number of aryl methyl sites for hydroxylation is 1. The molecule has 1 aromatic heterocycles. The summed E-state index contributed by atoms with van der Waals surface area (Å²) in [5.74, 6) is -1.81. The molecular weight excluding hydrogens is 261 g/mol. The molecule has 0 radical (unpaired) electrons. The van der Waals surface area contributed by atoms with E-state index in [2.05, 4.69) is 10.4 Å². The van der Waals surface area contributed by atoms with Crippen LogP contribution >= 0.6 is 0 Å². The van der Waals surface area contributed by atoms with Gasteiger partial charge >= 0.3 is 0 Å². The maximum Gasteiger partial charge on any atom is 0.265 e. The Kier molecular flexibility index (Phi) is 2.85. The van der Waals surface area contributed by atoms with Crippen molar-refractivity contribution in [2.75, 3.05) is 5.32 Å². The molecule has 1 atom stereocenters. The van der Waals surface area contributed by atoms with Crippen LogP contribution in [0.15, 0.2) is 30.5 Å². The van der Waals surface area contributed by atoms with Gasteiger partial charge in [-0.25, -0.2) is 4.39 Å². The number of rotatable bonds is 2. The Morgan fingerprint density at radius 3 is 2.65 bits per heavy atom. The third-order valence-corrected chi connectivity index (χ3v) is 3.39. The molecule has 0 saturated heterocycles. The largest absolute Gasteiger partial charge is 0.309 e. The smallest absolute Gasteiger partial charge is 0.265 e. The molecule has 1 N–H and O–H groups in total. The van der Waals surface area contributed by atoms with Crippen LogP contribution < -0.4 is 5.32 Å². The van der Waals surface area contributed by atoms with E-state index in [4.69, 9.17) is 0 Å². The van der Waals surface area contributed by atoms with Gasteiger partial charge in [-0.3, -0.25) is 9.59 Å². The van der Waals surface area contributed by atoms with Crippen LogP contribution in [0.25, 0.3) is 0 Å². The lowest BCUT2D eigenvalue weighted by atomic mass is 9.96. The predicted octanol–water partition coefficient (Wildman–Crippen LogP) is 1.96. The molecule has 1 unspecified atom stereocenters. The maximum absolute atomic E-state index is 12.9. The normalized spacial score (nSPS) is 17.8. The lowest BCUT2D eigenvalue weighted by Crippen LogP contribution is -2.38. The molecule has 1 amide bonds. The maximum atomic E-state index is 12.9. The zero-order valence-corrected chi connectivity index (χ0v) is 10.8. The van der Waals surface area contributed by atoms with Gasteiger partial charge in [0.2, 0.25) is 5.91 Å². The third-order valence-electron chi connectivity index (χ3n) is 3.39. The molecular formula is C14H12FN3O2. The molecule has 20 heavy (non-hydrogen) atoms. The van der Waals surface area contributed by atoms with Crippen molar-refractivity contribution in [1.29, 1.82) is 0 Å². The summed E-state index contributed by atoms with van der Waals surface area (Å²) < 4.78 is 14.1. The number of carbonyl (C=O) groups excluding carboxylic acids is 2.